The second-order valence-electron chi connectivity index (χ2n) is 5.57. The van der Waals surface area contributed by atoms with E-state index in [1.54, 1.807) is 0 Å². The molecule has 0 aliphatic heterocycles. The molecule has 142 valence electrons. The fourth-order valence-corrected chi connectivity index (χ4v) is 3.89. The fraction of sp³-hybridized carbons (Fsp3) is 0.167. The minimum atomic E-state index is -4.13. The van der Waals surface area contributed by atoms with Crippen molar-refractivity contribution >= 4 is 27.4 Å². The van der Waals surface area contributed by atoms with Gasteiger partial charge in [-0.25, -0.2) is 13.2 Å². The van der Waals surface area contributed by atoms with E-state index in [0.29, 0.717) is 5.56 Å². The second kappa shape index (κ2) is 8.00. The number of nitro groups is 1. The zero-order valence-corrected chi connectivity index (χ0v) is 15.6. The van der Waals surface area contributed by atoms with E-state index in [0.717, 1.165) is 10.4 Å². The summed E-state index contributed by atoms with van der Waals surface area (Å²) >= 11 is 0. The molecule has 0 saturated heterocycles. The first-order valence-electron chi connectivity index (χ1n) is 7.79. The molecule has 2 aromatic carbocycles. The summed E-state index contributed by atoms with van der Waals surface area (Å²) in [5.74, 6) is -0.612. The Morgan fingerprint density at radius 3 is 2.59 bits per heavy atom. The van der Waals surface area contributed by atoms with Crippen molar-refractivity contribution in [1.82, 2.24) is 0 Å². The molecule has 9 heteroatoms. The number of sulfonamides is 1. The third-order valence-corrected chi connectivity index (χ3v) is 5.61. The number of esters is 1. The third-order valence-electron chi connectivity index (χ3n) is 3.82. The summed E-state index contributed by atoms with van der Waals surface area (Å²) in [5, 5.41) is 11.1. The van der Waals surface area contributed by atoms with E-state index in [1.165, 1.54) is 56.5 Å². The number of aryl methyl sites for hydroxylation is 1. The lowest BCUT2D eigenvalue weighted by Gasteiger charge is -2.23. The molecule has 0 heterocycles. The van der Waals surface area contributed by atoms with E-state index in [-0.39, 0.29) is 28.4 Å². The Balaban J connectivity index is 2.59. The van der Waals surface area contributed by atoms with Crippen LogP contribution >= 0.6 is 0 Å². The molecule has 0 N–H and O–H groups in total. The highest BCUT2D eigenvalue weighted by molar-refractivity contribution is 7.92. The van der Waals surface area contributed by atoms with Crippen LogP contribution in [-0.2, 0) is 14.8 Å². The average Bonchev–Trinajstić information content (AvgIpc) is 2.65. The monoisotopic (exact) mass is 390 g/mol. The lowest BCUT2D eigenvalue weighted by Crippen LogP contribution is -2.31. The number of hydrogen-bond donors (Lipinski definition) is 0. The van der Waals surface area contributed by atoms with E-state index in [1.807, 2.05) is 0 Å². The van der Waals surface area contributed by atoms with Crippen LogP contribution in [0, 0.1) is 17.0 Å². The first-order chi connectivity index (χ1) is 12.7. The lowest BCUT2D eigenvalue weighted by atomic mass is 10.2. The van der Waals surface area contributed by atoms with Gasteiger partial charge in [-0.15, -0.1) is 6.58 Å². The highest BCUT2D eigenvalue weighted by Crippen LogP contribution is 2.28. The maximum absolute atomic E-state index is 13.1. The average molecular weight is 390 g/mol. The molecule has 0 aliphatic carbocycles. The molecule has 27 heavy (non-hydrogen) atoms. The standard InChI is InChI=1S/C18H18N2O6S/c1-4-10-19(15-7-5-6-14(11-15)18(21)26-3)27(24,25)16-9-8-13(2)17(12-16)20(22)23/h4-9,11-12H,1,10H2,2-3H3. The number of hydrogen-bond acceptors (Lipinski definition) is 6. The first-order valence-corrected chi connectivity index (χ1v) is 9.23. The van der Waals surface area contributed by atoms with Crippen molar-refractivity contribution in [2.75, 3.05) is 18.0 Å². The lowest BCUT2D eigenvalue weighted by molar-refractivity contribution is -0.385. The molecule has 0 spiro atoms. The Hall–Kier alpha value is -3.20. The van der Waals surface area contributed by atoms with Crippen LogP contribution in [0.25, 0.3) is 0 Å². The minimum Gasteiger partial charge on any atom is -0.465 e. The number of rotatable bonds is 7. The number of ether oxygens (including phenoxy) is 1. The van der Waals surface area contributed by atoms with E-state index in [9.17, 15) is 23.3 Å². The molecule has 0 unspecified atom stereocenters. The van der Waals surface area contributed by atoms with Crippen LogP contribution < -0.4 is 4.31 Å². The molecule has 2 rings (SSSR count). The van der Waals surface area contributed by atoms with Crippen molar-refractivity contribution in [3.05, 3.63) is 76.4 Å². The van der Waals surface area contributed by atoms with Crippen LogP contribution in [0.4, 0.5) is 11.4 Å². The van der Waals surface area contributed by atoms with Crippen LogP contribution in [0.15, 0.2) is 60.0 Å². The number of anilines is 1. The minimum absolute atomic E-state index is 0.0887. The zero-order valence-electron chi connectivity index (χ0n) is 14.8. The predicted molar refractivity (Wildman–Crippen MR) is 100 cm³/mol. The third kappa shape index (κ3) is 4.14. The molecule has 2 aromatic rings. The summed E-state index contributed by atoms with van der Waals surface area (Å²) in [6.45, 7) is 5.00. The van der Waals surface area contributed by atoms with E-state index in [2.05, 4.69) is 11.3 Å². The molecule has 0 aromatic heterocycles. The molecule has 0 bridgehead atoms. The van der Waals surface area contributed by atoms with Crippen LogP contribution in [0.3, 0.4) is 0 Å². The molecule has 0 fully saturated rings. The fourth-order valence-electron chi connectivity index (χ4n) is 2.44. The van der Waals surface area contributed by atoms with Gasteiger partial charge in [-0.1, -0.05) is 18.2 Å². The largest absolute Gasteiger partial charge is 0.465 e. The van der Waals surface area contributed by atoms with E-state index < -0.39 is 20.9 Å². The number of carbonyl (C=O) groups excluding carboxylic acids is 1. The van der Waals surface area contributed by atoms with Crippen molar-refractivity contribution in [1.29, 1.82) is 0 Å². The topological polar surface area (TPSA) is 107 Å². The normalized spacial score (nSPS) is 10.9. The van der Waals surface area contributed by atoms with Gasteiger partial charge in [0.1, 0.15) is 0 Å². The molecule has 0 saturated carbocycles. The summed E-state index contributed by atoms with van der Waals surface area (Å²) in [6.07, 6.45) is 1.38. The maximum Gasteiger partial charge on any atom is 0.337 e. The van der Waals surface area contributed by atoms with Crippen LogP contribution in [0.1, 0.15) is 15.9 Å². The summed E-state index contributed by atoms with van der Waals surface area (Å²) in [5.41, 5.74) is 0.440. The quantitative estimate of drug-likeness (QED) is 0.311. The molecule has 0 amide bonds. The second-order valence-corrected chi connectivity index (χ2v) is 7.43. The molecule has 0 atom stereocenters. The van der Waals surface area contributed by atoms with Crippen LogP contribution in [0.5, 0.6) is 0 Å². The highest BCUT2D eigenvalue weighted by atomic mass is 32.2. The van der Waals surface area contributed by atoms with Crippen molar-refractivity contribution in [3.8, 4) is 0 Å². The number of nitro benzene ring substituents is 1. The number of methoxy groups -OCH3 is 1. The molecule has 8 nitrogen and oxygen atoms in total. The van der Waals surface area contributed by atoms with E-state index >= 15 is 0 Å². The highest BCUT2D eigenvalue weighted by Gasteiger charge is 2.27. The predicted octanol–water partition coefficient (Wildman–Crippen LogP) is 3.07. The Labute approximate surface area is 156 Å². The van der Waals surface area contributed by atoms with Crippen molar-refractivity contribution in [3.63, 3.8) is 0 Å². The molecular formula is C18H18N2O6S. The van der Waals surface area contributed by atoms with Gasteiger partial charge in [-0.3, -0.25) is 14.4 Å². The summed E-state index contributed by atoms with van der Waals surface area (Å²) < 4.78 is 31.9. The number of carbonyl (C=O) groups is 1. The molecule has 0 radical (unpaired) electrons. The van der Waals surface area contributed by atoms with Gasteiger partial charge < -0.3 is 4.74 Å². The smallest absolute Gasteiger partial charge is 0.337 e. The van der Waals surface area contributed by atoms with Gasteiger partial charge in [-0.05, 0) is 31.2 Å². The van der Waals surface area contributed by atoms with Crippen molar-refractivity contribution < 1.29 is 22.9 Å². The van der Waals surface area contributed by atoms with Crippen LogP contribution in [0.2, 0.25) is 0 Å². The number of benzene rings is 2. The molecule has 0 aliphatic rings. The number of nitrogens with zero attached hydrogens (tertiary/aromatic N) is 2. The van der Waals surface area contributed by atoms with E-state index in [4.69, 9.17) is 0 Å². The maximum atomic E-state index is 13.1. The van der Waals surface area contributed by atoms with Crippen LogP contribution in [-0.4, -0.2) is 33.0 Å². The Bertz CT molecular complexity index is 1000. The van der Waals surface area contributed by atoms with Gasteiger partial charge in [-0.2, -0.15) is 0 Å². The first kappa shape index (κ1) is 20.1. The Morgan fingerprint density at radius 2 is 2.00 bits per heavy atom. The van der Waals surface area contributed by atoms with Gasteiger partial charge in [0, 0.05) is 11.6 Å². The SMILES string of the molecule is C=CCN(c1cccc(C(=O)OC)c1)S(=O)(=O)c1ccc(C)c([N+](=O)[O-])c1. The zero-order chi connectivity index (χ0) is 20.2. The van der Waals surface area contributed by atoms with Gasteiger partial charge in [0.05, 0.1) is 34.7 Å². The van der Waals surface area contributed by atoms with Crippen molar-refractivity contribution in [2.45, 2.75) is 11.8 Å². The van der Waals surface area contributed by atoms with Gasteiger partial charge in [0.2, 0.25) is 0 Å². The summed E-state index contributed by atoms with van der Waals surface area (Å²) in [6, 6.07) is 9.59. The summed E-state index contributed by atoms with van der Waals surface area (Å²) in [7, 11) is -2.91. The van der Waals surface area contributed by atoms with Gasteiger partial charge >= 0.3 is 5.97 Å². The van der Waals surface area contributed by atoms with Gasteiger partial charge in [0.25, 0.3) is 15.7 Å². The summed E-state index contributed by atoms with van der Waals surface area (Å²) in [4.78, 5) is 22.0. The van der Waals surface area contributed by atoms with Gasteiger partial charge in [0.15, 0.2) is 0 Å². The van der Waals surface area contributed by atoms with Crippen molar-refractivity contribution in [2.24, 2.45) is 0 Å². The Kier molecular flexibility index (Phi) is 5.96. The Morgan fingerprint density at radius 1 is 1.30 bits per heavy atom. The molecular weight excluding hydrogens is 372 g/mol.